The van der Waals surface area contributed by atoms with E-state index < -0.39 is 6.10 Å². The van der Waals surface area contributed by atoms with E-state index >= 15 is 0 Å². The lowest BCUT2D eigenvalue weighted by Crippen LogP contribution is -2.29. The molecule has 0 bridgehead atoms. The van der Waals surface area contributed by atoms with Gasteiger partial charge in [-0.15, -0.1) is 23.7 Å². The maximum absolute atomic E-state index is 12.2. The molecule has 2 aromatic rings. The van der Waals surface area contributed by atoms with Crippen LogP contribution in [-0.2, 0) is 9.53 Å². The maximum Gasteiger partial charge on any atom is 0.255 e. The standard InChI is InChI=1S/C16H18ClN3O3S.ClH/c1-22-13-4-2-9(6-11(13)17)12-8-24-16(19-12)20-15(21)14-5-3-10(7-18)23-14;/h2,4,6,8,10,14H,3,5,7,18H2,1H3,(H,19,20,21);1H/t10-,14+;/m1./s1. The number of anilines is 1. The second kappa shape index (κ2) is 8.82. The van der Waals surface area contributed by atoms with Gasteiger partial charge in [0, 0.05) is 17.5 Å². The van der Waals surface area contributed by atoms with Crippen molar-refractivity contribution in [2.24, 2.45) is 5.73 Å². The number of hydrogen-bond acceptors (Lipinski definition) is 6. The average molecular weight is 404 g/mol. The first-order chi connectivity index (χ1) is 11.6. The molecule has 2 heterocycles. The number of thiazole rings is 1. The molecule has 9 heteroatoms. The zero-order valence-corrected chi connectivity index (χ0v) is 15.9. The van der Waals surface area contributed by atoms with Crippen LogP contribution in [0.25, 0.3) is 11.3 Å². The molecule has 1 saturated heterocycles. The van der Waals surface area contributed by atoms with Gasteiger partial charge in [0.15, 0.2) is 5.13 Å². The molecule has 25 heavy (non-hydrogen) atoms. The lowest BCUT2D eigenvalue weighted by molar-refractivity contribution is -0.126. The quantitative estimate of drug-likeness (QED) is 0.798. The molecule has 1 fully saturated rings. The first kappa shape index (κ1) is 19.9. The van der Waals surface area contributed by atoms with Crippen LogP contribution >= 0.6 is 35.3 Å². The monoisotopic (exact) mass is 403 g/mol. The highest BCUT2D eigenvalue weighted by Crippen LogP contribution is 2.32. The van der Waals surface area contributed by atoms with Gasteiger partial charge in [-0.05, 0) is 31.0 Å². The van der Waals surface area contributed by atoms with E-state index in [0.717, 1.165) is 17.7 Å². The van der Waals surface area contributed by atoms with Crippen molar-refractivity contribution in [2.45, 2.75) is 25.0 Å². The van der Waals surface area contributed by atoms with E-state index in [9.17, 15) is 4.79 Å². The van der Waals surface area contributed by atoms with Crippen LogP contribution in [0.3, 0.4) is 0 Å². The van der Waals surface area contributed by atoms with Crippen LogP contribution in [0.4, 0.5) is 5.13 Å². The predicted molar refractivity (Wildman–Crippen MR) is 102 cm³/mol. The molecule has 1 aliphatic heterocycles. The Morgan fingerprint density at radius 1 is 1.52 bits per heavy atom. The molecule has 3 N–H and O–H groups in total. The predicted octanol–water partition coefficient (Wildman–Crippen LogP) is 3.34. The van der Waals surface area contributed by atoms with Crippen molar-refractivity contribution >= 4 is 46.4 Å². The van der Waals surface area contributed by atoms with Crippen LogP contribution in [0.2, 0.25) is 5.02 Å². The number of amides is 1. The van der Waals surface area contributed by atoms with Gasteiger partial charge in [0.2, 0.25) is 0 Å². The Labute approximate surface area is 161 Å². The number of carbonyl (C=O) groups excluding carboxylic acids is 1. The molecular formula is C16H19Cl2N3O3S. The van der Waals surface area contributed by atoms with Gasteiger partial charge in [-0.25, -0.2) is 4.98 Å². The minimum absolute atomic E-state index is 0. The number of rotatable bonds is 5. The molecule has 0 radical (unpaired) electrons. The van der Waals surface area contributed by atoms with Gasteiger partial charge in [-0.1, -0.05) is 11.6 Å². The SMILES string of the molecule is COc1ccc(-c2csc(NC(=O)[C@@H]3CC[C@H](CN)O3)n2)cc1Cl.Cl. The normalized spacial score (nSPS) is 19.3. The van der Waals surface area contributed by atoms with Crippen LogP contribution in [0, 0.1) is 0 Å². The van der Waals surface area contributed by atoms with Gasteiger partial charge in [0.25, 0.3) is 5.91 Å². The number of nitrogens with zero attached hydrogens (tertiary/aromatic N) is 1. The highest BCUT2D eigenvalue weighted by atomic mass is 35.5. The van der Waals surface area contributed by atoms with E-state index in [1.807, 2.05) is 11.4 Å². The van der Waals surface area contributed by atoms with Crippen LogP contribution in [-0.4, -0.2) is 36.8 Å². The maximum atomic E-state index is 12.2. The third-order valence-corrected chi connectivity index (χ3v) is 4.90. The molecule has 136 valence electrons. The molecule has 0 aliphatic carbocycles. The van der Waals surface area contributed by atoms with Gasteiger partial charge in [-0.2, -0.15) is 0 Å². The summed E-state index contributed by atoms with van der Waals surface area (Å²) < 4.78 is 10.7. The summed E-state index contributed by atoms with van der Waals surface area (Å²) >= 11 is 7.49. The number of hydrogen-bond donors (Lipinski definition) is 2. The molecule has 1 amide bonds. The summed E-state index contributed by atoms with van der Waals surface area (Å²) in [5.74, 6) is 0.427. The van der Waals surface area contributed by atoms with Crippen LogP contribution in [0.15, 0.2) is 23.6 Å². The van der Waals surface area contributed by atoms with E-state index in [2.05, 4.69) is 10.3 Å². The Kier molecular flexibility index (Phi) is 7.04. The first-order valence-electron chi connectivity index (χ1n) is 7.56. The Morgan fingerprint density at radius 2 is 2.32 bits per heavy atom. The number of nitrogens with one attached hydrogen (secondary N) is 1. The largest absolute Gasteiger partial charge is 0.495 e. The zero-order valence-electron chi connectivity index (χ0n) is 13.5. The second-order valence-corrected chi connectivity index (χ2v) is 6.70. The lowest BCUT2D eigenvalue weighted by Gasteiger charge is -2.11. The van der Waals surface area contributed by atoms with Crippen molar-refractivity contribution in [3.05, 3.63) is 28.6 Å². The van der Waals surface area contributed by atoms with Gasteiger partial charge < -0.3 is 15.2 Å². The summed E-state index contributed by atoms with van der Waals surface area (Å²) in [5.41, 5.74) is 7.16. The fourth-order valence-electron chi connectivity index (χ4n) is 2.55. The van der Waals surface area contributed by atoms with Crippen LogP contribution < -0.4 is 15.8 Å². The smallest absolute Gasteiger partial charge is 0.255 e. The number of nitrogens with two attached hydrogens (primary N) is 1. The van der Waals surface area contributed by atoms with Crippen molar-refractivity contribution in [1.29, 1.82) is 0 Å². The highest BCUT2D eigenvalue weighted by molar-refractivity contribution is 7.14. The molecular weight excluding hydrogens is 385 g/mol. The molecule has 0 unspecified atom stereocenters. The number of carbonyl (C=O) groups is 1. The minimum atomic E-state index is -0.457. The summed E-state index contributed by atoms with van der Waals surface area (Å²) in [6, 6.07) is 5.44. The van der Waals surface area contributed by atoms with Crippen LogP contribution in [0.5, 0.6) is 5.75 Å². The minimum Gasteiger partial charge on any atom is -0.495 e. The van der Waals surface area contributed by atoms with E-state index in [0.29, 0.717) is 28.9 Å². The van der Waals surface area contributed by atoms with Gasteiger partial charge in [-0.3, -0.25) is 10.1 Å². The van der Waals surface area contributed by atoms with Gasteiger partial charge >= 0.3 is 0 Å². The Bertz CT molecular complexity index is 741. The van der Waals surface area contributed by atoms with Crippen molar-refractivity contribution < 1.29 is 14.3 Å². The van der Waals surface area contributed by atoms with Crippen molar-refractivity contribution in [3.63, 3.8) is 0 Å². The zero-order chi connectivity index (χ0) is 17.1. The summed E-state index contributed by atoms with van der Waals surface area (Å²) in [4.78, 5) is 16.6. The second-order valence-electron chi connectivity index (χ2n) is 5.44. The van der Waals surface area contributed by atoms with E-state index in [-0.39, 0.29) is 24.4 Å². The molecule has 6 nitrogen and oxygen atoms in total. The molecule has 1 aromatic heterocycles. The van der Waals surface area contributed by atoms with Crippen molar-refractivity contribution in [1.82, 2.24) is 4.98 Å². The molecule has 3 rings (SSSR count). The number of methoxy groups -OCH3 is 1. The number of aromatic nitrogens is 1. The van der Waals surface area contributed by atoms with E-state index in [1.54, 1.807) is 19.2 Å². The summed E-state index contributed by atoms with van der Waals surface area (Å²) in [7, 11) is 1.57. The van der Waals surface area contributed by atoms with Gasteiger partial charge in [0.05, 0.1) is 23.9 Å². The van der Waals surface area contributed by atoms with E-state index in [1.165, 1.54) is 11.3 Å². The third-order valence-electron chi connectivity index (χ3n) is 3.84. The Balaban J connectivity index is 0.00000225. The lowest BCUT2D eigenvalue weighted by atomic mass is 10.2. The van der Waals surface area contributed by atoms with Crippen LogP contribution in [0.1, 0.15) is 12.8 Å². The third kappa shape index (κ3) is 4.62. The Morgan fingerprint density at radius 3 is 2.96 bits per heavy atom. The average Bonchev–Trinajstić information content (AvgIpc) is 3.24. The molecule has 2 atom stereocenters. The van der Waals surface area contributed by atoms with E-state index in [4.69, 9.17) is 26.8 Å². The van der Waals surface area contributed by atoms with Crippen molar-refractivity contribution in [3.8, 4) is 17.0 Å². The Hall–Kier alpha value is -1.38. The number of ether oxygens (including phenoxy) is 2. The number of halogens is 2. The number of benzene rings is 1. The topological polar surface area (TPSA) is 86.5 Å². The summed E-state index contributed by atoms with van der Waals surface area (Å²) in [6.45, 7) is 0.434. The highest BCUT2D eigenvalue weighted by Gasteiger charge is 2.30. The molecule has 1 aromatic carbocycles. The summed E-state index contributed by atoms with van der Waals surface area (Å²) in [6.07, 6.45) is 0.998. The van der Waals surface area contributed by atoms with Crippen molar-refractivity contribution in [2.75, 3.05) is 19.0 Å². The fourth-order valence-corrected chi connectivity index (χ4v) is 3.53. The molecule has 1 aliphatic rings. The van der Waals surface area contributed by atoms with Gasteiger partial charge in [0.1, 0.15) is 11.9 Å². The summed E-state index contributed by atoms with van der Waals surface area (Å²) in [5, 5.41) is 5.71. The fraction of sp³-hybridized carbons (Fsp3) is 0.375. The first-order valence-corrected chi connectivity index (χ1v) is 8.82. The molecule has 0 saturated carbocycles. The molecule has 0 spiro atoms.